The van der Waals surface area contributed by atoms with Crippen molar-refractivity contribution in [3.63, 3.8) is 0 Å². The lowest BCUT2D eigenvalue weighted by Gasteiger charge is -2.28. The van der Waals surface area contributed by atoms with Crippen molar-refractivity contribution >= 4 is 32.3 Å². The second kappa shape index (κ2) is 6.21. The normalized spacial score (nSPS) is 16.5. The smallest absolute Gasteiger partial charge is 0.00985 e. The summed E-state index contributed by atoms with van der Waals surface area (Å²) in [6, 6.07) is 33.8. The van der Waals surface area contributed by atoms with Gasteiger partial charge in [-0.3, -0.25) is 0 Å². The van der Waals surface area contributed by atoms with Gasteiger partial charge in [0.15, 0.2) is 0 Å². The van der Waals surface area contributed by atoms with Gasteiger partial charge < -0.3 is 0 Å². The third kappa shape index (κ3) is 2.31. The van der Waals surface area contributed by atoms with Gasteiger partial charge in [-0.25, -0.2) is 0 Å². The molecule has 1 aliphatic rings. The highest BCUT2D eigenvalue weighted by molar-refractivity contribution is 6.08. The molecule has 0 N–H and O–H groups in total. The average Bonchev–Trinajstić information content (AvgIpc) is 2.78. The molecule has 0 amide bonds. The summed E-state index contributed by atoms with van der Waals surface area (Å²) in [4.78, 5) is 0. The van der Waals surface area contributed by atoms with Gasteiger partial charge >= 0.3 is 0 Å². The van der Waals surface area contributed by atoms with E-state index in [9.17, 15) is 0 Å². The van der Waals surface area contributed by atoms with Gasteiger partial charge in [0.1, 0.15) is 0 Å². The fraction of sp³-hybridized carbons (Fsp3) is 0.143. The van der Waals surface area contributed by atoms with Crippen LogP contribution in [0.3, 0.4) is 0 Å². The van der Waals surface area contributed by atoms with Crippen molar-refractivity contribution in [1.82, 2.24) is 0 Å². The zero-order valence-electron chi connectivity index (χ0n) is 15.9. The van der Waals surface area contributed by atoms with Crippen molar-refractivity contribution in [2.75, 3.05) is 0 Å². The molecule has 5 aromatic carbocycles. The minimum atomic E-state index is 0.484. The summed E-state index contributed by atoms with van der Waals surface area (Å²) in [5.74, 6) is 0.484. The highest BCUT2D eigenvalue weighted by atomic mass is 14.3. The molecule has 134 valence electrons. The molecule has 0 heteroatoms. The molecule has 0 aliphatic heterocycles. The summed E-state index contributed by atoms with van der Waals surface area (Å²) in [5, 5.41) is 8.27. The Labute approximate surface area is 165 Å². The van der Waals surface area contributed by atoms with Crippen LogP contribution in [0.4, 0.5) is 0 Å². The lowest BCUT2D eigenvalue weighted by Crippen LogP contribution is -2.12. The maximum absolute atomic E-state index is 2.39. The fourth-order valence-electron chi connectivity index (χ4n) is 5.29. The molecule has 5 aromatic rings. The van der Waals surface area contributed by atoms with E-state index in [0.717, 1.165) is 0 Å². The fourth-order valence-corrected chi connectivity index (χ4v) is 5.29. The van der Waals surface area contributed by atoms with Gasteiger partial charge in [0.2, 0.25) is 0 Å². The first-order chi connectivity index (χ1) is 13.9. The van der Waals surface area contributed by atoms with Crippen LogP contribution in [0.2, 0.25) is 0 Å². The monoisotopic (exact) mass is 358 g/mol. The molecule has 0 radical (unpaired) electrons. The number of fused-ring (bicyclic) bond motifs is 6. The Hall–Kier alpha value is -3.12. The maximum Gasteiger partial charge on any atom is 0.00985 e. The van der Waals surface area contributed by atoms with Crippen LogP contribution in [0.1, 0.15) is 35.4 Å². The number of hydrogen-bond donors (Lipinski definition) is 0. The molecule has 0 saturated carbocycles. The molecule has 1 unspecified atom stereocenters. The standard InChI is InChI=1S/C28H22/c1-3-9-21-19(7-1)15-17-27-23(21)11-5-13-25(27)26-14-6-12-24-22-10-4-2-8-20(22)16-18-28(24)26/h1-5,7-11,13,15-18,26H,6,12,14H2. The molecule has 28 heavy (non-hydrogen) atoms. The highest BCUT2D eigenvalue weighted by Gasteiger charge is 2.24. The maximum atomic E-state index is 2.39. The molecule has 0 nitrogen and oxygen atoms in total. The van der Waals surface area contributed by atoms with Gasteiger partial charge in [0.05, 0.1) is 0 Å². The van der Waals surface area contributed by atoms with Crippen molar-refractivity contribution in [3.8, 4) is 0 Å². The SMILES string of the molecule is c1ccc2c3c(ccc2c1)C(c1cccc2c1ccc1ccccc12)CCC3. The summed E-state index contributed by atoms with van der Waals surface area (Å²) < 4.78 is 0. The molecule has 0 heterocycles. The van der Waals surface area contributed by atoms with E-state index in [-0.39, 0.29) is 0 Å². The molecule has 6 rings (SSSR count). The molecule has 0 bridgehead atoms. The summed E-state index contributed by atoms with van der Waals surface area (Å²) in [7, 11) is 0. The molecule has 0 aromatic heterocycles. The molecule has 1 aliphatic carbocycles. The van der Waals surface area contributed by atoms with E-state index < -0.39 is 0 Å². The second-order valence-corrected chi connectivity index (χ2v) is 8.03. The van der Waals surface area contributed by atoms with Crippen LogP contribution in [0.5, 0.6) is 0 Å². The van der Waals surface area contributed by atoms with Gasteiger partial charge in [-0.1, -0.05) is 91.0 Å². The predicted octanol–water partition coefficient (Wildman–Crippen LogP) is 7.61. The van der Waals surface area contributed by atoms with E-state index in [1.54, 1.807) is 5.56 Å². The lowest BCUT2D eigenvalue weighted by atomic mass is 9.76. The van der Waals surface area contributed by atoms with Gasteiger partial charge in [-0.2, -0.15) is 0 Å². The molecule has 1 atom stereocenters. The molecule has 0 spiro atoms. The van der Waals surface area contributed by atoms with E-state index in [2.05, 4.69) is 91.0 Å². The van der Waals surface area contributed by atoms with Gasteiger partial charge in [0, 0.05) is 5.92 Å². The predicted molar refractivity (Wildman–Crippen MR) is 120 cm³/mol. The molecule has 0 saturated heterocycles. The quantitative estimate of drug-likeness (QED) is 0.270. The zero-order chi connectivity index (χ0) is 18.5. The van der Waals surface area contributed by atoms with E-state index in [1.165, 1.54) is 62.7 Å². The number of benzene rings is 5. The first-order valence-corrected chi connectivity index (χ1v) is 10.3. The van der Waals surface area contributed by atoms with Crippen molar-refractivity contribution in [2.45, 2.75) is 25.2 Å². The Morgan fingerprint density at radius 2 is 1.21 bits per heavy atom. The largest absolute Gasteiger partial charge is 0.0616 e. The topological polar surface area (TPSA) is 0 Å². The zero-order valence-corrected chi connectivity index (χ0v) is 15.9. The van der Waals surface area contributed by atoms with Gasteiger partial charge in [-0.05, 0) is 68.3 Å². The van der Waals surface area contributed by atoms with Gasteiger partial charge in [0.25, 0.3) is 0 Å². The Morgan fingerprint density at radius 3 is 2.11 bits per heavy atom. The van der Waals surface area contributed by atoms with Crippen molar-refractivity contribution in [1.29, 1.82) is 0 Å². The van der Waals surface area contributed by atoms with Crippen LogP contribution >= 0.6 is 0 Å². The van der Waals surface area contributed by atoms with Crippen LogP contribution in [0.25, 0.3) is 32.3 Å². The Bertz CT molecular complexity index is 1340. The van der Waals surface area contributed by atoms with Crippen molar-refractivity contribution < 1.29 is 0 Å². The van der Waals surface area contributed by atoms with Crippen LogP contribution < -0.4 is 0 Å². The third-order valence-electron chi connectivity index (χ3n) is 6.57. The minimum Gasteiger partial charge on any atom is -0.0616 e. The van der Waals surface area contributed by atoms with Crippen molar-refractivity contribution in [3.05, 3.63) is 108 Å². The molecular formula is C28H22. The summed E-state index contributed by atoms with van der Waals surface area (Å²) >= 11 is 0. The molecule has 0 fully saturated rings. The average molecular weight is 358 g/mol. The van der Waals surface area contributed by atoms with E-state index in [4.69, 9.17) is 0 Å². The number of hydrogen-bond acceptors (Lipinski definition) is 0. The Kier molecular flexibility index (Phi) is 3.52. The Balaban J connectivity index is 1.61. The first kappa shape index (κ1) is 15.9. The van der Waals surface area contributed by atoms with E-state index in [1.807, 2.05) is 0 Å². The second-order valence-electron chi connectivity index (χ2n) is 8.03. The summed E-state index contributed by atoms with van der Waals surface area (Å²) in [6.45, 7) is 0. The Morgan fingerprint density at radius 1 is 0.500 bits per heavy atom. The van der Waals surface area contributed by atoms with Crippen LogP contribution in [0, 0.1) is 0 Å². The van der Waals surface area contributed by atoms with Gasteiger partial charge in [-0.15, -0.1) is 0 Å². The minimum absolute atomic E-state index is 0.484. The van der Waals surface area contributed by atoms with Crippen molar-refractivity contribution in [2.24, 2.45) is 0 Å². The third-order valence-corrected chi connectivity index (χ3v) is 6.57. The van der Waals surface area contributed by atoms with Crippen LogP contribution in [-0.4, -0.2) is 0 Å². The lowest BCUT2D eigenvalue weighted by molar-refractivity contribution is 0.622. The van der Waals surface area contributed by atoms with Crippen LogP contribution in [0.15, 0.2) is 91.0 Å². The van der Waals surface area contributed by atoms with E-state index in [0.29, 0.717) is 5.92 Å². The van der Waals surface area contributed by atoms with Crippen LogP contribution in [-0.2, 0) is 6.42 Å². The summed E-state index contributed by atoms with van der Waals surface area (Å²) in [6.07, 6.45) is 3.69. The molecular weight excluding hydrogens is 336 g/mol. The van der Waals surface area contributed by atoms with E-state index >= 15 is 0 Å². The number of aryl methyl sites for hydroxylation is 1. The first-order valence-electron chi connectivity index (χ1n) is 10.3. The number of rotatable bonds is 1. The summed E-state index contributed by atoms with van der Waals surface area (Å²) in [5.41, 5.74) is 4.58. The highest BCUT2D eigenvalue weighted by Crippen LogP contribution is 2.42.